The van der Waals surface area contributed by atoms with Crippen LogP contribution in [0, 0.1) is 12.7 Å². The Morgan fingerprint density at radius 2 is 1.65 bits per heavy atom. The summed E-state index contributed by atoms with van der Waals surface area (Å²) in [5.41, 5.74) is 4.08. The molecule has 37 heavy (non-hydrogen) atoms. The summed E-state index contributed by atoms with van der Waals surface area (Å²) in [6, 6.07) is 24.2. The van der Waals surface area contributed by atoms with E-state index in [0.717, 1.165) is 11.1 Å². The van der Waals surface area contributed by atoms with E-state index in [4.69, 9.17) is 9.26 Å². The molecule has 0 saturated heterocycles. The van der Waals surface area contributed by atoms with Crippen LogP contribution < -0.4 is 5.32 Å². The van der Waals surface area contributed by atoms with Crippen molar-refractivity contribution in [3.8, 4) is 22.4 Å². The number of aromatic nitrogens is 2. The number of anilines is 1. The Morgan fingerprint density at radius 1 is 0.946 bits per heavy atom. The number of fused-ring (bicyclic) bond motifs is 1. The fourth-order valence-corrected chi connectivity index (χ4v) is 4.00. The molecule has 0 aliphatic carbocycles. The molecule has 0 aliphatic heterocycles. The van der Waals surface area contributed by atoms with E-state index in [1.54, 1.807) is 25.1 Å². The lowest BCUT2D eigenvalue weighted by Crippen LogP contribution is -2.30. The van der Waals surface area contributed by atoms with E-state index in [1.165, 1.54) is 25.1 Å². The van der Waals surface area contributed by atoms with Crippen molar-refractivity contribution >= 4 is 28.7 Å². The highest BCUT2D eigenvalue weighted by atomic mass is 19.1. The van der Waals surface area contributed by atoms with Gasteiger partial charge >= 0.3 is 5.97 Å². The Labute approximate surface area is 211 Å². The molecule has 184 valence electrons. The first kappa shape index (κ1) is 23.9. The number of nitrogens with zero attached hydrogens (tertiary/aromatic N) is 2. The second-order valence-corrected chi connectivity index (χ2v) is 8.46. The molecule has 2 aromatic heterocycles. The van der Waals surface area contributed by atoms with Crippen molar-refractivity contribution in [2.24, 2.45) is 0 Å². The first-order valence-corrected chi connectivity index (χ1v) is 11.6. The lowest BCUT2D eigenvalue weighted by atomic mass is 10.0. The largest absolute Gasteiger partial charge is 0.449 e. The third-order valence-electron chi connectivity index (χ3n) is 5.90. The third kappa shape index (κ3) is 4.95. The monoisotopic (exact) mass is 495 g/mol. The highest BCUT2D eigenvalue weighted by Crippen LogP contribution is 2.29. The van der Waals surface area contributed by atoms with Crippen molar-refractivity contribution in [1.29, 1.82) is 0 Å². The molecule has 5 aromatic rings. The molecule has 0 bridgehead atoms. The summed E-state index contributed by atoms with van der Waals surface area (Å²) in [6.45, 7) is 3.18. The number of para-hydroxylation sites is 1. The van der Waals surface area contributed by atoms with E-state index in [1.807, 2.05) is 48.5 Å². The fraction of sp³-hybridized carbons (Fsp3) is 0.103. The van der Waals surface area contributed by atoms with E-state index < -0.39 is 23.8 Å². The van der Waals surface area contributed by atoms with Gasteiger partial charge in [-0.1, -0.05) is 53.7 Å². The molecule has 0 saturated carbocycles. The minimum absolute atomic E-state index is 0.139. The average Bonchev–Trinajstić information content (AvgIpc) is 3.29. The molecule has 3 aromatic carbocycles. The molecule has 1 N–H and O–H groups in total. The molecule has 1 amide bonds. The number of pyridine rings is 1. The summed E-state index contributed by atoms with van der Waals surface area (Å²) >= 11 is 0. The van der Waals surface area contributed by atoms with Gasteiger partial charge in [-0.25, -0.2) is 14.2 Å². The number of halogens is 1. The van der Waals surface area contributed by atoms with Crippen LogP contribution in [0.5, 0.6) is 0 Å². The number of hydrogen-bond donors (Lipinski definition) is 1. The number of hydrogen-bond acceptors (Lipinski definition) is 6. The summed E-state index contributed by atoms with van der Waals surface area (Å²) in [5, 5.41) is 7.16. The van der Waals surface area contributed by atoms with Crippen LogP contribution in [0.25, 0.3) is 33.5 Å². The van der Waals surface area contributed by atoms with Crippen molar-refractivity contribution in [2.75, 3.05) is 5.32 Å². The zero-order valence-corrected chi connectivity index (χ0v) is 20.1. The maximum atomic E-state index is 13.4. The standard InChI is InChI=1S/C29H22FN3O4/c1-17-26-23(16-25(32-28(26)37-33-17)20-12-14-21(30)15-13-20)29(35)36-18(2)27(34)31-24-11-7-6-10-22(24)19-8-4-3-5-9-19/h3-16,18H,1-2H3,(H,31,34). The van der Waals surface area contributed by atoms with Gasteiger partial charge in [0.05, 0.1) is 22.3 Å². The second-order valence-electron chi connectivity index (χ2n) is 8.46. The lowest BCUT2D eigenvalue weighted by molar-refractivity contribution is -0.123. The molecule has 8 heteroatoms. The summed E-state index contributed by atoms with van der Waals surface area (Å²) < 4.78 is 24.2. The average molecular weight is 496 g/mol. The van der Waals surface area contributed by atoms with Crippen LogP contribution in [0.15, 0.2) is 89.5 Å². The van der Waals surface area contributed by atoms with Gasteiger partial charge in [0.15, 0.2) is 6.10 Å². The zero-order chi connectivity index (χ0) is 25.9. The maximum absolute atomic E-state index is 13.4. The Hall–Kier alpha value is -4.85. The van der Waals surface area contributed by atoms with Gasteiger partial charge in [0, 0.05) is 16.8 Å². The summed E-state index contributed by atoms with van der Waals surface area (Å²) in [7, 11) is 0. The van der Waals surface area contributed by atoms with E-state index in [9.17, 15) is 14.0 Å². The van der Waals surface area contributed by atoms with Crippen LogP contribution in [0.4, 0.5) is 10.1 Å². The van der Waals surface area contributed by atoms with Crippen LogP contribution in [0.3, 0.4) is 0 Å². The van der Waals surface area contributed by atoms with Gasteiger partial charge in [0.1, 0.15) is 5.82 Å². The number of ether oxygens (including phenoxy) is 1. The smallest absolute Gasteiger partial charge is 0.339 e. The minimum Gasteiger partial charge on any atom is -0.449 e. The van der Waals surface area contributed by atoms with Crippen molar-refractivity contribution in [1.82, 2.24) is 10.1 Å². The van der Waals surface area contributed by atoms with Crippen LogP contribution in [-0.2, 0) is 9.53 Å². The molecule has 1 unspecified atom stereocenters. The number of esters is 1. The van der Waals surface area contributed by atoms with Gasteiger partial charge in [-0.3, -0.25) is 4.79 Å². The van der Waals surface area contributed by atoms with Gasteiger partial charge in [0.25, 0.3) is 11.6 Å². The quantitative estimate of drug-likeness (QED) is 0.282. The highest BCUT2D eigenvalue weighted by Gasteiger charge is 2.25. The Kier molecular flexibility index (Phi) is 6.47. The van der Waals surface area contributed by atoms with Crippen molar-refractivity contribution in [2.45, 2.75) is 20.0 Å². The summed E-state index contributed by atoms with van der Waals surface area (Å²) in [4.78, 5) is 30.6. The van der Waals surface area contributed by atoms with Crippen LogP contribution in [-0.4, -0.2) is 28.1 Å². The van der Waals surface area contributed by atoms with Gasteiger partial charge in [0.2, 0.25) is 0 Å². The van der Waals surface area contributed by atoms with E-state index in [0.29, 0.717) is 28.0 Å². The maximum Gasteiger partial charge on any atom is 0.339 e. The number of rotatable bonds is 6. The normalized spacial score (nSPS) is 11.8. The van der Waals surface area contributed by atoms with Crippen LogP contribution in [0.2, 0.25) is 0 Å². The van der Waals surface area contributed by atoms with Gasteiger partial charge in [-0.2, -0.15) is 0 Å². The minimum atomic E-state index is -1.10. The van der Waals surface area contributed by atoms with Crippen molar-refractivity contribution in [3.05, 3.63) is 102 Å². The predicted molar refractivity (Wildman–Crippen MR) is 137 cm³/mol. The number of benzene rings is 3. The zero-order valence-electron chi connectivity index (χ0n) is 20.1. The second kappa shape index (κ2) is 10.0. The first-order valence-electron chi connectivity index (χ1n) is 11.6. The molecule has 0 fully saturated rings. The molecule has 5 rings (SSSR count). The molecular formula is C29H22FN3O4. The first-order chi connectivity index (χ1) is 17.9. The molecule has 0 spiro atoms. The number of aryl methyl sites for hydroxylation is 1. The molecule has 0 radical (unpaired) electrons. The number of carbonyl (C=O) groups excluding carboxylic acids is 2. The van der Waals surface area contributed by atoms with E-state index in [-0.39, 0.29) is 11.3 Å². The van der Waals surface area contributed by atoms with Crippen LogP contribution >= 0.6 is 0 Å². The molecule has 1 atom stereocenters. The van der Waals surface area contributed by atoms with Crippen molar-refractivity contribution in [3.63, 3.8) is 0 Å². The Bertz CT molecular complexity index is 1600. The molecule has 2 heterocycles. The Balaban J connectivity index is 1.40. The topological polar surface area (TPSA) is 94.3 Å². The molecular weight excluding hydrogens is 473 g/mol. The van der Waals surface area contributed by atoms with Crippen molar-refractivity contribution < 1.29 is 23.2 Å². The lowest BCUT2D eigenvalue weighted by Gasteiger charge is -2.16. The van der Waals surface area contributed by atoms with Gasteiger partial charge < -0.3 is 14.6 Å². The Morgan fingerprint density at radius 3 is 2.41 bits per heavy atom. The SMILES string of the molecule is Cc1noc2nc(-c3ccc(F)cc3)cc(C(=O)OC(C)C(=O)Nc3ccccc3-c3ccccc3)c12. The fourth-order valence-electron chi connectivity index (χ4n) is 4.00. The van der Waals surface area contributed by atoms with E-state index >= 15 is 0 Å². The third-order valence-corrected chi connectivity index (χ3v) is 5.90. The number of nitrogens with one attached hydrogen (secondary N) is 1. The summed E-state index contributed by atoms with van der Waals surface area (Å²) in [6.07, 6.45) is -1.10. The number of amides is 1. The highest BCUT2D eigenvalue weighted by molar-refractivity contribution is 6.06. The summed E-state index contributed by atoms with van der Waals surface area (Å²) in [5.74, 6) is -1.61. The number of carbonyl (C=O) groups is 2. The predicted octanol–water partition coefficient (Wildman–Crippen LogP) is 6.19. The molecule has 7 nitrogen and oxygen atoms in total. The molecule has 0 aliphatic rings. The van der Waals surface area contributed by atoms with E-state index in [2.05, 4.69) is 15.5 Å². The van der Waals surface area contributed by atoms with Crippen LogP contribution in [0.1, 0.15) is 23.0 Å². The van der Waals surface area contributed by atoms with Gasteiger partial charge in [-0.15, -0.1) is 0 Å². The van der Waals surface area contributed by atoms with Gasteiger partial charge in [-0.05, 0) is 55.8 Å².